The quantitative estimate of drug-likeness (QED) is 0.834. The van der Waals surface area contributed by atoms with E-state index in [1.165, 1.54) is 16.7 Å². The summed E-state index contributed by atoms with van der Waals surface area (Å²) in [6.07, 6.45) is 2.45. The molecule has 0 aromatic heterocycles. The van der Waals surface area contributed by atoms with E-state index in [2.05, 4.69) is 20.8 Å². The fraction of sp³-hybridized carbons (Fsp3) is 0.524. The summed E-state index contributed by atoms with van der Waals surface area (Å²) in [6.45, 7) is 8.83. The minimum absolute atomic E-state index is 0.0251. The van der Waals surface area contributed by atoms with Gasteiger partial charge >= 0.3 is 0 Å². The Morgan fingerprint density at radius 3 is 2.52 bits per heavy atom. The zero-order chi connectivity index (χ0) is 18.3. The molecule has 0 saturated carbocycles. The van der Waals surface area contributed by atoms with Crippen molar-refractivity contribution in [2.24, 2.45) is 0 Å². The standard InChI is InChI=1S/C21H26O4/c1-5-6-16(22)20-17(23)9-14(10-18(20)24)19-13(4)11(2)12(3)15-7-8-25-21(15)19/h14,23H,5-10H2,1-4H3. The molecule has 1 N–H and O–H groups in total. The molecule has 1 aliphatic carbocycles. The number of carbonyl (C=O) groups is 2. The van der Waals surface area contributed by atoms with E-state index in [-0.39, 0.29) is 35.2 Å². The minimum Gasteiger partial charge on any atom is -0.511 e. The van der Waals surface area contributed by atoms with Gasteiger partial charge in [0.1, 0.15) is 11.5 Å². The second-order valence-corrected chi connectivity index (χ2v) is 7.22. The van der Waals surface area contributed by atoms with Gasteiger partial charge in [0.25, 0.3) is 0 Å². The number of benzene rings is 1. The number of Topliss-reactive ketones (excluding diaryl/α,β-unsaturated/α-hetero) is 2. The molecule has 0 fully saturated rings. The number of allylic oxidation sites excluding steroid dienone is 2. The lowest BCUT2D eigenvalue weighted by Gasteiger charge is -2.27. The van der Waals surface area contributed by atoms with Gasteiger partial charge in [0.2, 0.25) is 0 Å². The van der Waals surface area contributed by atoms with Crippen molar-refractivity contribution in [3.05, 3.63) is 39.1 Å². The smallest absolute Gasteiger partial charge is 0.170 e. The van der Waals surface area contributed by atoms with E-state index in [9.17, 15) is 14.7 Å². The van der Waals surface area contributed by atoms with E-state index in [1.54, 1.807) is 0 Å². The van der Waals surface area contributed by atoms with Crippen molar-refractivity contribution < 1.29 is 19.4 Å². The van der Waals surface area contributed by atoms with E-state index in [0.29, 0.717) is 25.9 Å². The van der Waals surface area contributed by atoms with E-state index >= 15 is 0 Å². The highest BCUT2D eigenvalue weighted by Crippen LogP contribution is 2.45. The topological polar surface area (TPSA) is 63.6 Å². The number of ketones is 2. The van der Waals surface area contributed by atoms with Crippen molar-refractivity contribution in [3.8, 4) is 5.75 Å². The number of hydrogen-bond donors (Lipinski definition) is 1. The Morgan fingerprint density at radius 1 is 1.16 bits per heavy atom. The predicted octanol–water partition coefficient (Wildman–Crippen LogP) is 4.17. The number of fused-ring (bicyclic) bond motifs is 1. The van der Waals surface area contributed by atoms with Gasteiger partial charge in [0, 0.05) is 42.7 Å². The zero-order valence-corrected chi connectivity index (χ0v) is 15.5. The monoisotopic (exact) mass is 342 g/mol. The van der Waals surface area contributed by atoms with Gasteiger partial charge in [-0.25, -0.2) is 0 Å². The van der Waals surface area contributed by atoms with Crippen LogP contribution < -0.4 is 4.74 Å². The number of carbonyl (C=O) groups excluding carboxylic acids is 2. The molecule has 0 saturated heterocycles. The van der Waals surface area contributed by atoms with E-state index < -0.39 is 0 Å². The van der Waals surface area contributed by atoms with Gasteiger partial charge in [-0.3, -0.25) is 9.59 Å². The first-order valence-corrected chi connectivity index (χ1v) is 9.10. The van der Waals surface area contributed by atoms with Crippen LogP contribution in [0.15, 0.2) is 11.3 Å². The third kappa shape index (κ3) is 2.88. The van der Waals surface area contributed by atoms with Crippen LogP contribution in [-0.2, 0) is 16.0 Å². The van der Waals surface area contributed by atoms with Crippen LogP contribution in [0.25, 0.3) is 0 Å². The van der Waals surface area contributed by atoms with Gasteiger partial charge in [-0.15, -0.1) is 0 Å². The van der Waals surface area contributed by atoms with Crippen LogP contribution in [0.3, 0.4) is 0 Å². The summed E-state index contributed by atoms with van der Waals surface area (Å²) in [7, 11) is 0. The van der Waals surface area contributed by atoms with Gasteiger partial charge in [-0.2, -0.15) is 0 Å². The fourth-order valence-electron chi connectivity index (χ4n) is 4.19. The molecule has 1 unspecified atom stereocenters. The Labute approximate surface area is 148 Å². The Balaban J connectivity index is 2.04. The highest BCUT2D eigenvalue weighted by Gasteiger charge is 2.36. The first-order valence-electron chi connectivity index (χ1n) is 9.10. The van der Waals surface area contributed by atoms with Crippen LogP contribution >= 0.6 is 0 Å². The molecule has 1 aromatic rings. The minimum atomic E-state index is -0.239. The summed E-state index contributed by atoms with van der Waals surface area (Å²) >= 11 is 0. The van der Waals surface area contributed by atoms with Crippen molar-refractivity contribution in [1.29, 1.82) is 0 Å². The Kier molecular flexibility index (Phi) is 4.72. The van der Waals surface area contributed by atoms with Crippen LogP contribution in [0.5, 0.6) is 5.75 Å². The maximum Gasteiger partial charge on any atom is 0.170 e. The van der Waals surface area contributed by atoms with Crippen molar-refractivity contribution in [1.82, 2.24) is 0 Å². The maximum absolute atomic E-state index is 12.6. The van der Waals surface area contributed by atoms with Crippen LogP contribution in [0.1, 0.15) is 66.3 Å². The van der Waals surface area contributed by atoms with Gasteiger partial charge < -0.3 is 9.84 Å². The molecule has 0 radical (unpaired) electrons. The molecule has 1 heterocycles. The van der Waals surface area contributed by atoms with Gasteiger partial charge in [-0.1, -0.05) is 6.92 Å². The van der Waals surface area contributed by atoms with Crippen LogP contribution in [0.4, 0.5) is 0 Å². The maximum atomic E-state index is 12.6. The molecular weight excluding hydrogens is 316 g/mol. The van der Waals surface area contributed by atoms with Crippen LogP contribution in [0.2, 0.25) is 0 Å². The molecule has 4 nitrogen and oxygen atoms in total. The van der Waals surface area contributed by atoms with Gasteiger partial charge in [-0.05, 0) is 43.9 Å². The summed E-state index contributed by atoms with van der Waals surface area (Å²) in [4.78, 5) is 24.7. The normalized spacial score (nSPS) is 19.8. The molecule has 25 heavy (non-hydrogen) atoms. The van der Waals surface area contributed by atoms with Gasteiger partial charge in [0.05, 0.1) is 12.2 Å². The summed E-state index contributed by atoms with van der Waals surface area (Å²) in [5.41, 5.74) is 5.90. The van der Waals surface area contributed by atoms with E-state index in [0.717, 1.165) is 23.3 Å². The molecule has 134 valence electrons. The second-order valence-electron chi connectivity index (χ2n) is 7.22. The summed E-state index contributed by atoms with van der Waals surface area (Å²) in [6, 6.07) is 0. The fourth-order valence-corrected chi connectivity index (χ4v) is 4.19. The average Bonchev–Trinajstić information content (AvgIpc) is 3.02. The molecule has 0 amide bonds. The highest BCUT2D eigenvalue weighted by molar-refractivity contribution is 6.21. The third-order valence-corrected chi connectivity index (χ3v) is 5.70. The van der Waals surface area contributed by atoms with Crippen LogP contribution in [-0.4, -0.2) is 23.3 Å². The Bertz CT molecular complexity index is 786. The molecule has 0 spiro atoms. The van der Waals surface area contributed by atoms with Crippen LogP contribution in [0, 0.1) is 20.8 Å². The summed E-state index contributed by atoms with van der Waals surface area (Å²) in [5.74, 6) is 0.244. The molecule has 0 bridgehead atoms. The second kappa shape index (κ2) is 6.66. The largest absolute Gasteiger partial charge is 0.511 e. The number of aliphatic hydroxyl groups excluding tert-OH is 1. The number of hydrogen-bond acceptors (Lipinski definition) is 4. The molecule has 2 aliphatic rings. The Hall–Kier alpha value is -2.10. The van der Waals surface area contributed by atoms with Crippen molar-refractivity contribution in [2.45, 2.75) is 65.7 Å². The first kappa shape index (κ1) is 17.7. The summed E-state index contributed by atoms with van der Waals surface area (Å²) < 4.78 is 5.91. The van der Waals surface area contributed by atoms with E-state index in [1.807, 2.05) is 6.92 Å². The Morgan fingerprint density at radius 2 is 1.88 bits per heavy atom. The molecule has 1 atom stereocenters. The SMILES string of the molecule is CCCC(=O)C1=C(O)CC(c2c(C)c(C)c(C)c3c2OCC3)CC1=O. The molecular formula is C21H26O4. The third-order valence-electron chi connectivity index (χ3n) is 5.70. The lowest BCUT2D eigenvalue weighted by molar-refractivity contribution is -0.122. The van der Waals surface area contributed by atoms with Crippen molar-refractivity contribution >= 4 is 11.6 Å². The van der Waals surface area contributed by atoms with Crippen molar-refractivity contribution in [2.75, 3.05) is 6.61 Å². The van der Waals surface area contributed by atoms with E-state index in [4.69, 9.17) is 4.74 Å². The first-order chi connectivity index (χ1) is 11.9. The highest BCUT2D eigenvalue weighted by atomic mass is 16.5. The lowest BCUT2D eigenvalue weighted by Crippen LogP contribution is -2.24. The number of aliphatic hydroxyl groups is 1. The number of ether oxygens (including phenoxy) is 1. The van der Waals surface area contributed by atoms with Crippen molar-refractivity contribution in [3.63, 3.8) is 0 Å². The average molecular weight is 342 g/mol. The summed E-state index contributed by atoms with van der Waals surface area (Å²) in [5, 5.41) is 10.4. The molecule has 1 aromatic carbocycles. The predicted molar refractivity (Wildman–Crippen MR) is 96.4 cm³/mol. The molecule has 3 rings (SSSR count). The zero-order valence-electron chi connectivity index (χ0n) is 15.5. The van der Waals surface area contributed by atoms with Gasteiger partial charge in [0.15, 0.2) is 11.6 Å². The number of rotatable bonds is 4. The lowest BCUT2D eigenvalue weighted by atomic mass is 9.77. The molecule has 1 aliphatic heterocycles. The molecule has 4 heteroatoms.